The normalized spacial score (nSPS) is 21.2. The van der Waals surface area contributed by atoms with Crippen molar-refractivity contribution in [1.29, 1.82) is 0 Å². The van der Waals surface area contributed by atoms with Crippen LogP contribution in [0.15, 0.2) is 12.2 Å². The molecule has 1 unspecified atom stereocenters. The molecule has 1 N–H and O–H groups in total. The predicted molar refractivity (Wildman–Crippen MR) is 57.1 cm³/mol. The van der Waals surface area contributed by atoms with Crippen molar-refractivity contribution < 1.29 is 9.90 Å². The summed E-state index contributed by atoms with van der Waals surface area (Å²) in [5.74, 6) is 0.633. The standard InChI is InChI=1S/C12H20O2/c1-10(6-5-9-12(13)14)11-7-3-2-4-8-11/h5,9-11H,2-4,6-8H2,1H3,(H,13,14). The lowest BCUT2D eigenvalue weighted by atomic mass is 9.79. The van der Waals surface area contributed by atoms with Gasteiger partial charge >= 0.3 is 5.97 Å². The van der Waals surface area contributed by atoms with Gasteiger partial charge in [-0.25, -0.2) is 4.79 Å². The number of carboxylic acid groups (broad SMARTS) is 1. The Morgan fingerprint density at radius 3 is 2.64 bits per heavy atom. The van der Waals surface area contributed by atoms with E-state index in [0.29, 0.717) is 5.92 Å². The van der Waals surface area contributed by atoms with E-state index in [1.165, 1.54) is 38.2 Å². The average molecular weight is 196 g/mol. The summed E-state index contributed by atoms with van der Waals surface area (Å²) < 4.78 is 0. The minimum Gasteiger partial charge on any atom is -0.478 e. The van der Waals surface area contributed by atoms with E-state index >= 15 is 0 Å². The molecule has 1 fully saturated rings. The fraction of sp³-hybridized carbons (Fsp3) is 0.750. The first-order valence-corrected chi connectivity index (χ1v) is 5.59. The van der Waals surface area contributed by atoms with Gasteiger partial charge in [0.2, 0.25) is 0 Å². The fourth-order valence-electron chi connectivity index (χ4n) is 2.28. The molecule has 1 rings (SSSR count). The molecule has 80 valence electrons. The largest absolute Gasteiger partial charge is 0.478 e. The maximum Gasteiger partial charge on any atom is 0.327 e. The summed E-state index contributed by atoms with van der Waals surface area (Å²) in [5, 5.41) is 8.45. The Labute approximate surface area is 86.0 Å². The molecule has 0 spiro atoms. The molecule has 2 heteroatoms. The van der Waals surface area contributed by atoms with Gasteiger partial charge in [-0.2, -0.15) is 0 Å². The second-order valence-electron chi connectivity index (χ2n) is 4.35. The van der Waals surface area contributed by atoms with Crippen LogP contribution in [0.2, 0.25) is 0 Å². The highest BCUT2D eigenvalue weighted by Crippen LogP contribution is 2.31. The lowest BCUT2D eigenvalue weighted by Gasteiger charge is -2.26. The number of carbonyl (C=O) groups is 1. The first-order valence-electron chi connectivity index (χ1n) is 5.59. The molecular formula is C12H20O2. The van der Waals surface area contributed by atoms with Crippen molar-refractivity contribution in [2.24, 2.45) is 11.8 Å². The number of aliphatic carboxylic acids is 1. The molecule has 0 radical (unpaired) electrons. The third-order valence-electron chi connectivity index (χ3n) is 3.22. The van der Waals surface area contributed by atoms with Gasteiger partial charge < -0.3 is 5.11 Å². The number of hydrogen-bond acceptors (Lipinski definition) is 1. The molecular weight excluding hydrogens is 176 g/mol. The number of rotatable bonds is 4. The Bertz CT molecular complexity index is 202. The molecule has 0 heterocycles. The van der Waals surface area contributed by atoms with Gasteiger partial charge in [0, 0.05) is 6.08 Å². The van der Waals surface area contributed by atoms with E-state index in [-0.39, 0.29) is 0 Å². The summed E-state index contributed by atoms with van der Waals surface area (Å²) in [5.41, 5.74) is 0. The quantitative estimate of drug-likeness (QED) is 0.701. The SMILES string of the molecule is CC(CC=CC(=O)O)C1CCCCC1. The Balaban J connectivity index is 2.25. The highest BCUT2D eigenvalue weighted by molar-refractivity contribution is 5.79. The maximum absolute atomic E-state index is 10.3. The molecule has 1 aliphatic carbocycles. The van der Waals surface area contributed by atoms with Crippen LogP contribution in [0.4, 0.5) is 0 Å². The minimum atomic E-state index is -0.833. The van der Waals surface area contributed by atoms with E-state index in [1.54, 1.807) is 6.08 Å². The molecule has 0 amide bonds. The number of allylic oxidation sites excluding steroid dienone is 1. The molecule has 0 aliphatic heterocycles. The zero-order chi connectivity index (χ0) is 10.4. The van der Waals surface area contributed by atoms with Crippen molar-refractivity contribution in [2.45, 2.75) is 45.4 Å². The van der Waals surface area contributed by atoms with E-state index in [9.17, 15) is 4.79 Å². The highest BCUT2D eigenvalue weighted by atomic mass is 16.4. The first-order chi connectivity index (χ1) is 6.70. The number of hydrogen-bond donors (Lipinski definition) is 1. The van der Waals surface area contributed by atoms with Gasteiger partial charge in [-0.3, -0.25) is 0 Å². The van der Waals surface area contributed by atoms with Crippen molar-refractivity contribution in [3.05, 3.63) is 12.2 Å². The summed E-state index contributed by atoms with van der Waals surface area (Å²) in [6.45, 7) is 2.24. The molecule has 1 saturated carbocycles. The van der Waals surface area contributed by atoms with E-state index < -0.39 is 5.97 Å². The van der Waals surface area contributed by atoms with Gasteiger partial charge in [0.15, 0.2) is 0 Å². The van der Waals surface area contributed by atoms with Crippen molar-refractivity contribution >= 4 is 5.97 Å². The van der Waals surface area contributed by atoms with Crippen LogP contribution in [0, 0.1) is 11.8 Å². The van der Waals surface area contributed by atoms with Crippen LogP contribution >= 0.6 is 0 Å². The molecule has 1 aliphatic rings. The van der Waals surface area contributed by atoms with E-state index in [1.807, 2.05) is 0 Å². The van der Waals surface area contributed by atoms with E-state index in [4.69, 9.17) is 5.11 Å². The highest BCUT2D eigenvalue weighted by Gasteiger charge is 2.18. The van der Waals surface area contributed by atoms with Gasteiger partial charge in [0.05, 0.1) is 0 Å². The zero-order valence-corrected chi connectivity index (χ0v) is 8.91. The third kappa shape index (κ3) is 3.95. The first kappa shape index (κ1) is 11.3. The molecule has 0 aromatic carbocycles. The van der Waals surface area contributed by atoms with Crippen LogP contribution < -0.4 is 0 Å². The summed E-state index contributed by atoms with van der Waals surface area (Å²) >= 11 is 0. The van der Waals surface area contributed by atoms with Gasteiger partial charge in [-0.05, 0) is 18.3 Å². The molecule has 14 heavy (non-hydrogen) atoms. The summed E-state index contributed by atoms with van der Waals surface area (Å²) in [6, 6.07) is 0. The third-order valence-corrected chi connectivity index (χ3v) is 3.22. The van der Waals surface area contributed by atoms with Crippen LogP contribution in [0.25, 0.3) is 0 Å². The molecule has 0 aromatic rings. The van der Waals surface area contributed by atoms with Gasteiger partial charge in [-0.1, -0.05) is 45.1 Å². The van der Waals surface area contributed by atoms with Crippen molar-refractivity contribution in [2.75, 3.05) is 0 Å². The molecule has 0 saturated heterocycles. The van der Waals surface area contributed by atoms with Crippen LogP contribution in [0.5, 0.6) is 0 Å². The summed E-state index contributed by atoms with van der Waals surface area (Å²) in [4.78, 5) is 10.3. The van der Waals surface area contributed by atoms with E-state index in [2.05, 4.69) is 6.92 Å². The second kappa shape index (κ2) is 5.84. The maximum atomic E-state index is 10.3. The monoisotopic (exact) mass is 196 g/mol. The molecule has 2 nitrogen and oxygen atoms in total. The smallest absolute Gasteiger partial charge is 0.327 e. The Kier molecular flexibility index (Phi) is 4.71. The minimum absolute atomic E-state index is 0.644. The Morgan fingerprint density at radius 1 is 1.43 bits per heavy atom. The molecule has 0 aromatic heterocycles. The lowest BCUT2D eigenvalue weighted by molar-refractivity contribution is -0.131. The second-order valence-corrected chi connectivity index (χ2v) is 4.35. The molecule has 1 atom stereocenters. The predicted octanol–water partition coefficient (Wildman–Crippen LogP) is 3.23. The zero-order valence-electron chi connectivity index (χ0n) is 8.91. The summed E-state index contributed by atoms with van der Waals surface area (Å²) in [6.07, 6.45) is 10.7. The Hall–Kier alpha value is -0.790. The van der Waals surface area contributed by atoms with Crippen LogP contribution in [0.3, 0.4) is 0 Å². The summed E-state index contributed by atoms with van der Waals surface area (Å²) in [7, 11) is 0. The van der Waals surface area contributed by atoms with Gasteiger partial charge in [-0.15, -0.1) is 0 Å². The topological polar surface area (TPSA) is 37.3 Å². The average Bonchev–Trinajstić information content (AvgIpc) is 2.18. The van der Waals surface area contributed by atoms with Crippen LogP contribution in [0.1, 0.15) is 45.4 Å². The van der Waals surface area contributed by atoms with Crippen molar-refractivity contribution in [3.63, 3.8) is 0 Å². The van der Waals surface area contributed by atoms with Crippen molar-refractivity contribution in [1.82, 2.24) is 0 Å². The number of carboxylic acids is 1. The van der Waals surface area contributed by atoms with Crippen LogP contribution in [-0.4, -0.2) is 11.1 Å². The van der Waals surface area contributed by atoms with E-state index in [0.717, 1.165) is 12.3 Å². The lowest BCUT2D eigenvalue weighted by Crippen LogP contribution is -2.14. The van der Waals surface area contributed by atoms with Crippen molar-refractivity contribution in [3.8, 4) is 0 Å². The van der Waals surface area contributed by atoms with Crippen LogP contribution in [-0.2, 0) is 4.79 Å². The Morgan fingerprint density at radius 2 is 2.07 bits per heavy atom. The molecule has 0 bridgehead atoms. The van der Waals surface area contributed by atoms with Gasteiger partial charge in [0.1, 0.15) is 0 Å². The van der Waals surface area contributed by atoms with Gasteiger partial charge in [0.25, 0.3) is 0 Å². The fourth-order valence-corrected chi connectivity index (χ4v) is 2.28.